The van der Waals surface area contributed by atoms with E-state index in [2.05, 4.69) is 43.0 Å². The largest absolute Gasteiger partial charge is 0.342 e. The van der Waals surface area contributed by atoms with Gasteiger partial charge in [0.25, 0.3) is 0 Å². The number of carbonyl (C=O) groups is 1. The first-order valence-electron chi connectivity index (χ1n) is 8.68. The number of amides is 1. The molecule has 1 aliphatic heterocycles. The average Bonchev–Trinajstić information content (AvgIpc) is 3.08. The van der Waals surface area contributed by atoms with E-state index in [0.717, 1.165) is 25.9 Å². The normalized spacial score (nSPS) is 28.7. The fourth-order valence-corrected chi connectivity index (χ4v) is 4.19. The number of rotatable bonds is 4. The molecule has 3 rings (SSSR count). The summed E-state index contributed by atoms with van der Waals surface area (Å²) < 4.78 is 0. The lowest BCUT2D eigenvalue weighted by atomic mass is 9.92. The van der Waals surface area contributed by atoms with Gasteiger partial charge in [-0.25, -0.2) is 0 Å². The van der Waals surface area contributed by atoms with Gasteiger partial charge >= 0.3 is 0 Å². The standard InChI is InChI=1S/C19H28N2O/c1-3-14(15-6-4-13(2)5-7-15)10-19(22)21-11-16-8-9-18(20)17(16)12-21/h4-7,14,16-18H,3,8-12,20H2,1-2H3. The Kier molecular flexibility index (Phi) is 4.53. The van der Waals surface area contributed by atoms with Crippen LogP contribution in [-0.2, 0) is 4.79 Å². The lowest BCUT2D eigenvalue weighted by Gasteiger charge is -2.22. The number of aryl methyl sites for hydroxylation is 1. The monoisotopic (exact) mass is 300 g/mol. The lowest BCUT2D eigenvalue weighted by Crippen LogP contribution is -2.34. The summed E-state index contributed by atoms with van der Waals surface area (Å²) in [5.41, 5.74) is 8.74. The van der Waals surface area contributed by atoms with Crippen molar-refractivity contribution in [3.05, 3.63) is 35.4 Å². The van der Waals surface area contributed by atoms with Crippen LogP contribution >= 0.6 is 0 Å². The zero-order valence-corrected chi connectivity index (χ0v) is 13.8. The van der Waals surface area contributed by atoms with Gasteiger partial charge in [0.15, 0.2) is 0 Å². The number of hydrogen-bond acceptors (Lipinski definition) is 2. The molecule has 3 heteroatoms. The molecule has 0 aromatic heterocycles. The predicted octanol–water partition coefficient (Wildman–Crippen LogP) is 3.07. The van der Waals surface area contributed by atoms with Crippen molar-refractivity contribution >= 4 is 5.91 Å². The topological polar surface area (TPSA) is 46.3 Å². The van der Waals surface area contributed by atoms with Crippen molar-refractivity contribution in [3.8, 4) is 0 Å². The van der Waals surface area contributed by atoms with E-state index in [-0.39, 0.29) is 0 Å². The van der Waals surface area contributed by atoms with Crippen LogP contribution in [-0.4, -0.2) is 29.9 Å². The molecule has 4 unspecified atom stereocenters. The van der Waals surface area contributed by atoms with Crippen LogP contribution in [0.15, 0.2) is 24.3 Å². The third-order valence-electron chi connectivity index (χ3n) is 5.73. The minimum Gasteiger partial charge on any atom is -0.342 e. The molecule has 2 aliphatic rings. The van der Waals surface area contributed by atoms with Crippen LogP contribution in [0.25, 0.3) is 0 Å². The molecule has 2 fully saturated rings. The van der Waals surface area contributed by atoms with Gasteiger partial charge in [-0.3, -0.25) is 4.79 Å². The van der Waals surface area contributed by atoms with E-state index in [4.69, 9.17) is 5.73 Å². The highest BCUT2D eigenvalue weighted by atomic mass is 16.2. The van der Waals surface area contributed by atoms with Gasteiger partial charge in [0.1, 0.15) is 0 Å². The van der Waals surface area contributed by atoms with Gasteiger partial charge < -0.3 is 10.6 Å². The lowest BCUT2D eigenvalue weighted by molar-refractivity contribution is -0.130. The molecule has 22 heavy (non-hydrogen) atoms. The SMILES string of the molecule is CCC(CC(=O)N1CC2CCC(N)C2C1)c1ccc(C)cc1. The Balaban J connectivity index is 1.62. The molecular weight excluding hydrogens is 272 g/mol. The molecule has 0 spiro atoms. The van der Waals surface area contributed by atoms with Gasteiger partial charge in [-0.2, -0.15) is 0 Å². The zero-order chi connectivity index (χ0) is 15.7. The maximum atomic E-state index is 12.7. The second kappa shape index (κ2) is 6.41. The summed E-state index contributed by atoms with van der Waals surface area (Å²) in [6.45, 7) is 6.09. The fourth-order valence-electron chi connectivity index (χ4n) is 4.19. The highest BCUT2D eigenvalue weighted by molar-refractivity contribution is 5.77. The molecule has 1 heterocycles. The second-order valence-electron chi connectivity index (χ2n) is 7.18. The Hall–Kier alpha value is -1.35. The number of fused-ring (bicyclic) bond motifs is 1. The van der Waals surface area contributed by atoms with E-state index in [1.165, 1.54) is 17.5 Å². The van der Waals surface area contributed by atoms with Crippen molar-refractivity contribution < 1.29 is 4.79 Å². The molecule has 120 valence electrons. The first-order valence-corrected chi connectivity index (χ1v) is 8.68. The summed E-state index contributed by atoms with van der Waals surface area (Å²) in [6.07, 6.45) is 3.98. The fraction of sp³-hybridized carbons (Fsp3) is 0.632. The Bertz CT molecular complexity index is 525. The molecule has 3 nitrogen and oxygen atoms in total. The molecule has 1 saturated heterocycles. The van der Waals surface area contributed by atoms with Gasteiger partial charge in [0.05, 0.1) is 0 Å². The van der Waals surface area contributed by atoms with Crippen LogP contribution < -0.4 is 5.73 Å². The van der Waals surface area contributed by atoms with Crippen molar-refractivity contribution in [2.75, 3.05) is 13.1 Å². The molecule has 1 saturated carbocycles. The highest BCUT2D eigenvalue weighted by Gasteiger charge is 2.42. The molecule has 1 aromatic rings. The number of nitrogens with two attached hydrogens (primary N) is 1. The minimum absolute atomic E-state index is 0.307. The Labute approximate surface area is 133 Å². The third-order valence-corrected chi connectivity index (χ3v) is 5.73. The Morgan fingerprint density at radius 2 is 2.00 bits per heavy atom. The zero-order valence-electron chi connectivity index (χ0n) is 13.8. The van der Waals surface area contributed by atoms with Crippen LogP contribution in [0, 0.1) is 18.8 Å². The number of hydrogen-bond donors (Lipinski definition) is 1. The first-order chi connectivity index (χ1) is 10.6. The maximum absolute atomic E-state index is 12.7. The number of carbonyl (C=O) groups excluding carboxylic acids is 1. The molecule has 0 bridgehead atoms. The maximum Gasteiger partial charge on any atom is 0.223 e. The van der Waals surface area contributed by atoms with Gasteiger partial charge in [0.2, 0.25) is 5.91 Å². The van der Waals surface area contributed by atoms with E-state index in [9.17, 15) is 4.79 Å². The van der Waals surface area contributed by atoms with Crippen molar-refractivity contribution in [1.82, 2.24) is 4.90 Å². The van der Waals surface area contributed by atoms with E-state index < -0.39 is 0 Å². The Morgan fingerprint density at radius 3 is 2.64 bits per heavy atom. The summed E-state index contributed by atoms with van der Waals surface area (Å²) in [5, 5.41) is 0. The molecule has 1 amide bonds. The molecular formula is C19H28N2O. The molecule has 2 N–H and O–H groups in total. The van der Waals surface area contributed by atoms with Crippen molar-refractivity contribution in [2.24, 2.45) is 17.6 Å². The first kappa shape index (κ1) is 15.5. The highest BCUT2D eigenvalue weighted by Crippen LogP contribution is 2.38. The molecule has 4 atom stereocenters. The summed E-state index contributed by atoms with van der Waals surface area (Å²) in [4.78, 5) is 14.8. The second-order valence-corrected chi connectivity index (χ2v) is 7.18. The number of benzene rings is 1. The number of nitrogens with zero attached hydrogens (tertiary/aromatic N) is 1. The van der Waals surface area contributed by atoms with E-state index in [0.29, 0.717) is 36.1 Å². The van der Waals surface area contributed by atoms with E-state index >= 15 is 0 Å². The Morgan fingerprint density at radius 1 is 1.27 bits per heavy atom. The van der Waals surface area contributed by atoms with Crippen molar-refractivity contribution in [3.63, 3.8) is 0 Å². The van der Waals surface area contributed by atoms with Gasteiger partial charge in [0, 0.05) is 25.6 Å². The van der Waals surface area contributed by atoms with Crippen molar-refractivity contribution in [1.29, 1.82) is 0 Å². The quantitative estimate of drug-likeness (QED) is 0.929. The van der Waals surface area contributed by atoms with Crippen LogP contribution in [0.5, 0.6) is 0 Å². The van der Waals surface area contributed by atoms with E-state index in [1.54, 1.807) is 0 Å². The smallest absolute Gasteiger partial charge is 0.223 e. The summed E-state index contributed by atoms with van der Waals surface area (Å²) in [7, 11) is 0. The van der Waals surface area contributed by atoms with Crippen LogP contribution in [0.4, 0.5) is 0 Å². The summed E-state index contributed by atoms with van der Waals surface area (Å²) >= 11 is 0. The van der Waals surface area contributed by atoms with Crippen LogP contribution in [0.2, 0.25) is 0 Å². The summed E-state index contributed by atoms with van der Waals surface area (Å²) in [5.74, 6) is 1.85. The van der Waals surface area contributed by atoms with Crippen LogP contribution in [0.3, 0.4) is 0 Å². The number of likely N-dealkylation sites (tertiary alicyclic amines) is 1. The van der Waals surface area contributed by atoms with Gasteiger partial charge in [-0.05, 0) is 49.5 Å². The molecule has 1 aliphatic carbocycles. The predicted molar refractivity (Wildman–Crippen MR) is 89.6 cm³/mol. The van der Waals surface area contributed by atoms with E-state index in [1.807, 2.05) is 0 Å². The average molecular weight is 300 g/mol. The van der Waals surface area contributed by atoms with Gasteiger partial charge in [-0.1, -0.05) is 36.8 Å². The molecule has 1 aromatic carbocycles. The summed E-state index contributed by atoms with van der Waals surface area (Å²) in [6, 6.07) is 8.93. The van der Waals surface area contributed by atoms with Gasteiger partial charge in [-0.15, -0.1) is 0 Å². The molecule has 0 radical (unpaired) electrons. The van der Waals surface area contributed by atoms with Crippen LogP contribution in [0.1, 0.15) is 49.7 Å². The third kappa shape index (κ3) is 3.05. The minimum atomic E-state index is 0.307. The van der Waals surface area contributed by atoms with Crippen molar-refractivity contribution in [2.45, 2.75) is 51.5 Å².